The fourth-order valence-electron chi connectivity index (χ4n) is 4.92. The first-order chi connectivity index (χ1) is 11.1. The van der Waals surface area contributed by atoms with Crippen molar-refractivity contribution in [1.82, 2.24) is 15.1 Å². The smallest absolute Gasteiger partial charge is 0.409 e. The summed E-state index contributed by atoms with van der Waals surface area (Å²) in [4.78, 5) is 27.7. The van der Waals surface area contributed by atoms with Gasteiger partial charge < -0.3 is 19.7 Å². The second-order valence-corrected chi connectivity index (χ2v) is 7.47. The number of amides is 2. The maximum Gasteiger partial charge on any atom is 0.409 e. The highest BCUT2D eigenvalue weighted by molar-refractivity contribution is 5.70. The molecule has 7 nitrogen and oxygen atoms in total. The van der Waals surface area contributed by atoms with Crippen molar-refractivity contribution < 1.29 is 19.1 Å². The number of carbonyl (C=O) groups excluding carboxylic acids is 2. The van der Waals surface area contributed by atoms with Crippen molar-refractivity contribution in [3.8, 4) is 0 Å². The minimum atomic E-state index is -0.278. The van der Waals surface area contributed by atoms with Crippen LogP contribution < -0.4 is 5.32 Å². The summed E-state index contributed by atoms with van der Waals surface area (Å²) in [6, 6.07) is 0.865. The van der Waals surface area contributed by atoms with E-state index in [0.717, 1.165) is 51.7 Å². The first kappa shape index (κ1) is 15.1. The number of hydrogen-bond donors (Lipinski definition) is 1. The number of methoxy groups -OCH3 is 1. The van der Waals surface area contributed by atoms with Crippen LogP contribution in [0.15, 0.2) is 0 Å². The number of piperidine rings is 1. The number of fused-ring (bicyclic) bond motifs is 2. The van der Waals surface area contributed by atoms with Gasteiger partial charge in [0.25, 0.3) is 0 Å². The Morgan fingerprint density at radius 1 is 1.26 bits per heavy atom. The number of alkyl carbamates (subject to hydrolysis) is 1. The molecule has 4 aliphatic rings. The normalized spacial score (nSPS) is 36.0. The van der Waals surface area contributed by atoms with Crippen molar-refractivity contribution in [2.75, 3.05) is 33.3 Å². The molecule has 1 spiro atoms. The monoisotopic (exact) mass is 323 g/mol. The molecular weight excluding hydrogens is 298 g/mol. The van der Waals surface area contributed by atoms with E-state index in [-0.39, 0.29) is 17.8 Å². The largest absolute Gasteiger partial charge is 0.453 e. The fourth-order valence-corrected chi connectivity index (χ4v) is 4.92. The number of rotatable bonds is 1. The molecule has 4 fully saturated rings. The molecule has 4 rings (SSSR count). The van der Waals surface area contributed by atoms with E-state index in [4.69, 9.17) is 9.47 Å². The first-order valence-electron chi connectivity index (χ1n) is 8.64. The van der Waals surface area contributed by atoms with Crippen LogP contribution in [0, 0.1) is 5.92 Å². The van der Waals surface area contributed by atoms with Gasteiger partial charge in [0.05, 0.1) is 13.7 Å². The summed E-state index contributed by atoms with van der Waals surface area (Å²) in [5, 5.41) is 2.79. The van der Waals surface area contributed by atoms with Crippen LogP contribution in [0.5, 0.6) is 0 Å². The van der Waals surface area contributed by atoms with Gasteiger partial charge in [-0.25, -0.2) is 9.59 Å². The minimum absolute atomic E-state index is 0.181. The fraction of sp³-hybridized carbons (Fsp3) is 0.875. The molecule has 7 heteroatoms. The molecule has 0 aromatic rings. The molecule has 0 aromatic carbocycles. The molecule has 1 N–H and O–H groups in total. The Balaban J connectivity index is 1.36. The number of nitrogens with zero attached hydrogens (tertiary/aromatic N) is 2. The minimum Gasteiger partial charge on any atom is -0.453 e. The van der Waals surface area contributed by atoms with E-state index in [0.29, 0.717) is 24.5 Å². The Bertz CT molecular complexity index is 504. The molecule has 3 saturated heterocycles. The summed E-state index contributed by atoms with van der Waals surface area (Å²) in [6.45, 7) is 3.42. The molecule has 0 radical (unpaired) electrons. The van der Waals surface area contributed by atoms with E-state index < -0.39 is 0 Å². The first-order valence-corrected chi connectivity index (χ1v) is 8.64. The van der Waals surface area contributed by atoms with Crippen molar-refractivity contribution in [2.45, 2.75) is 49.8 Å². The van der Waals surface area contributed by atoms with Crippen LogP contribution in [0.25, 0.3) is 0 Å². The van der Waals surface area contributed by atoms with E-state index in [9.17, 15) is 9.59 Å². The average molecular weight is 323 g/mol. The molecular formula is C16H25N3O4. The summed E-state index contributed by atoms with van der Waals surface area (Å²) < 4.78 is 10.4. The highest BCUT2D eigenvalue weighted by Gasteiger charge is 2.47. The molecule has 3 aliphatic heterocycles. The van der Waals surface area contributed by atoms with Gasteiger partial charge in [-0.2, -0.15) is 0 Å². The van der Waals surface area contributed by atoms with Crippen molar-refractivity contribution in [2.24, 2.45) is 5.92 Å². The molecule has 1 saturated carbocycles. The van der Waals surface area contributed by atoms with Crippen molar-refractivity contribution in [3.63, 3.8) is 0 Å². The third-order valence-electron chi connectivity index (χ3n) is 6.15. The van der Waals surface area contributed by atoms with Crippen LogP contribution in [0.3, 0.4) is 0 Å². The molecule has 2 bridgehead atoms. The molecule has 2 amide bonds. The number of hydrogen-bond acceptors (Lipinski definition) is 5. The van der Waals surface area contributed by atoms with Gasteiger partial charge in [0.15, 0.2) is 0 Å². The average Bonchev–Trinajstić information content (AvgIpc) is 3.07. The SMILES string of the molecule is COC(=O)N1CC2CC(N3CCC4(CC3)CNC(=O)O4)CC1C2. The summed E-state index contributed by atoms with van der Waals surface area (Å²) >= 11 is 0. The van der Waals surface area contributed by atoms with Crippen LogP contribution in [0.4, 0.5) is 9.59 Å². The van der Waals surface area contributed by atoms with Crippen LogP contribution >= 0.6 is 0 Å². The quantitative estimate of drug-likeness (QED) is 0.784. The van der Waals surface area contributed by atoms with Gasteiger partial charge in [-0.05, 0) is 25.2 Å². The van der Waals surface area contributed by atoms with E-state index in [1.165, 1.54) is 7.11 Å². The lowest BCUT2D eigenvalue weighted by Gasteiger charge is -2.43. The molecule has 3 unspecified atom stereocenters. The highest BCUT2D eigenvalue weighted by Crippen LogP contribution is 2.40. The zero-order valence-corrected chi connectivity index (χ0v) is 13.6. The van der Waals surface area contributed by atoms with Crippen LogP contribution in [0.1, 0.15) is 32.1 Å². The van der Waals surface area contributed by atoms with Gasteiger partial charge >= 0.3 is 12.2 Å². The molecule has 1 aliphatic carbocycles. The third kappa shape index (κ3) is 2.65. The summed E-state index contributed by atoms with van der Waals surface area (Å²) in [5.41, 5.74) is -0.278. The predicted molar refractivity (Wildman–Crippen MR) is 82.0 cm³/mol. The van der Waals surface area contributed by atoms with Gasteiger partial charge in [0.2, 0.25) is 0 Å². The molecule has 128 valence electrons. The predicted octanol–water partition coefficient (Wildman–Crippen LogP) is 1.18. The summed E-state index contributed by atoms with van der Waals surface area (Å²) in [6.07, 6.45) is 4.66. The van der Waals surface area contributed by atoms with Crippen LogP contribution in [-0.4, -0.2) is 73.0 Å². The molecule has 3 atom stereocenters. The number of ether oxygens (including phenoxy) is 2. The van der Waals surface area contributed by atoms with Crippen molar-refractivity contribution in [1.29, 1.82) is 0 Å². The Morgan fingerprint density at radius 2 is 2.00 bits per heavy atom. The highest BCUT2D eigenvalue weighted by atomic mass is 16.6. The Labute approximate surface area is 136 Å². The van der Waals surface area contributed by atoms with Gasteiger partial charge in [-0.15, -0.1) is 0 Å². The Hall–Kier alpha value is -1.50. The Morgan fingerprint density at radius 3 is 2.65 bits per heavy atom. The number of nitrogens with one attached hydrogen (secondary N) is 1. The second kappa shape index (κ2) is 5.54. The second-order valence-electron chi connectivity index (χ2n) is 7.47. The zero-order valence-electron chi connectivity index (χ0n) is 13.6. The molecule has 3 heterocycles. The standard InChI is InChI=1S/C16H25N3O4/c1-22-15(21)19-9-11-6-12(8-13(19)7-11)18-4-2-16(3-5-18)10-17-14(20)23-16/h11-13H,2-10H2,1H3,(H,17,20). The van der Waals surface area contributed by atoms with Crippen LogP contribution in [0.2, 0.25) is 0 Å². The van der Waals surface area contributed by atoms with E-state index in [1.807, 2.05) is 4.90 Å². The van der Waals surface area contributed by atoms with Gasteiger partial charge in [0, 0.05) is 44.6 Å². The van der Waals surface area contributed by atoms with Crippen molar-refractivity contribution >= 4 is 12.2 Å². The van der Waals surface area contributed by atoms with Gasteiger partial charge in [0.1, 0.15) is 5.60 Å². The molecule has 23 heavy (non-hydrogen) atoms. The summed E-state index contributed by atoms with van der Waals surface area (Å²) in [5.74, 6) is 0.597. The van der Waals surface area contributed by atoms with E-state index >= 15 is 0 Å². The maximum absolute atomic E-state index is 11.9. The van der Waals surface area contributed by atoms with E-state index in [1.54, 1.807) is 0 Å². The van der Waals surface area contributed by atoms with Gasteiger partial charge in [-0.3, -0.25) is 4.90 Å². The van der Waals surface area contributed by atoms with E-state index in [2.05, 4.69) is 10.2 Å². The Kier molecular flexibility index (Phi) is 3.63. The van der Waals surface area contributed by atoms with Crippen LogP contribution in [-0.2, 0) is 9.47 Å². The zero-order chi connectivity index (χ0) is 16.0. The number of likely N-dealkylation sites (tertiary alicyclic amines) is 2. The lowest BCUT2D eigenvalue weighted by molar-refractivity contribution is -0.0169. The lowest BCUT2D eigenvalue weighted by atomic mass is 9.83. The number of carbonyl (C=O) groups is 2. The summed E-state index contributed by atoms with van der Waals surface area (Å²) in [7, 11) is 1.46. The third-order valence-corrected chi connectivity index (χ3v) is 6.15. The topological polar surface area (TPSA) is 71.1 Å². The van der Waals surface area contributed by atoms with Crippen molar-refractivity contribution in [3.05, 3.63) is 0 Å². The van der Waals surface area contributed by atoms with Gasteiger partial charge in [-0.1, -0.05) is 0 Å². The molecule has 0 aromatic heterocycles. The maximum atomic E-state index is 11.9. The lowest BCUT2D eigenvalue weighted by Crippen LogP contribution is -2.51.